The van der Waals surface area contributed by atoms with Gasteiger partial charge in [-0.15, -0.1) is 0 Å². The molecule has 1 aromatic carbocycles. The highest BCUT2D eigenvalue weighted by molar-refractivity contribution is 5.83. The van der Waals surface area contributed by atoms with Crippen LogP contribution < -0.4 is 20.7 Å². The molecule has 0 radical (unpaired) electrons. The van der Waals surface area contributed by atoms with Crippen LogP contribution in [0.25, 0.3) is 22.4 Å². The highest BCUT2D eigenvalue weighted by Crippen LogP contribution is 2.34. The number of ether oxygens (including phenoxy) is 3. The largest absolute Gasteiger partial charge is 0.510 e. The van der Waals surface area contributed by atoms with E-state index in [1.54, 1.807) is 29.4 Å². The van der Waals surface area contributed by atoms with Crippen LogP contribution in [0, 0.1) is 11.6 Å². The van der Waals surface area contributed by atoms with Gasteiger partial charge in [-0.05, 0) is 56.9 Å². The molecule has 1 saturated heterocycles. The summed E-state index contributed by atoms with van der Waals surface area (Å²) in [4.78, 5) is 31.4. The average Bonchev–Trinajstić information content (AvgIpc) is 3.47. The van der Waals surface area contributed by atoms with Gasteiger partial charge < -0.3 is 39.8 Å². The third kappa shape index (κ3) is 7.77. The minimum absolute atomic E-state index is 0.0949. The average molecular weight is 691 g/mol. The number of halogens is 4. The van der Waals surface area contributed by atoms with Crippen LogP contribution in [-0.2, 0) is 16.0 Å². The van der Waals surface area contributed by atoms with Gasteiger partial charge in [-0.25, -0.2) is 37.3 Å². The number of hydrogen-bond donors (Lipinski definition) is 3. The lowest BCUT2D eigenvalue weighted by molar-refractivity contribution is -0.0529. The summed E-state index contributed by atoms with van der Waals surface area (Å²) in [6.45, 7) is 5.63. The summed E-state index contributed by atoms with van der Waals surface area (Å²) in [5.74, 6) is -2.10. The highest BCUT2D eigenvalue weighted by Gasteiger charge is 2.43. The monoisotopic (exact) mass is 690 g/mol. The molecule has 0 bridgehead atoms. The van der Waals surface area contributed by atoms with E-state index >= 15 is 0 Å². The second kappa shape index (κ2) is 14.8. The van der Waals surface area contributed by atoms with Crippen molar-refractivity contribution < 1.29 is 41.7 Å². The van der Waals surface area contributed by atoms with Gasteiger partial charge in [-0.2, -0.15) is 0 Å². The number of aliphatic hydroxyl groups is 1. The molecule has 3 aromatic heterocycles. The van der Waals surface area contributed by atoms with Gasteiger partial charge in [0.2, 0.25) is 0 Å². The standard InChI is InChI=1S/C32H38F4N8O5/c1-5-17(2)48-31(46)49-18(3)42-29-25-30(40-15-39-29)44(16-41-25)13-20-11-23(19-9-21(33)26(47-4)22(34)10-19)38-12-24(20)43-8-6-7-32(37,14-43)27(45)28(35)36/h9-12,15-18,27-28,45H,5-8,13-14,37H2,1-4H3,(H,39,40,42)/t17?,18?,27-,32+/m0/s1. The van der Waals surface area contributed by atoms with E-state index in [4.69, 9.17) is 19.9 Å². The Labute approximate surface area is 279 Å². The summed E-state index contributed by atoms with van der Waals surface area (Å²) in [6, 6.07) is 3.81. The van der Waals surface area contributed by atoms with Crippen LogP contribution in [0.2, 0.25) is 0 Å². The van der Waals surface area contributed by atoms with Crippen molar-refractivity contribution in [2.45, 2.75) is 77.0 Å². The van der Waals surface area contributed by atoms with Crippen molar-refractivity contribution >= 4 is 28.8 Å². The van der Waals surface area contributed by atoms with Gasteiger partial charge in [0.15, 0.2) is 40.6 Å². The van der Waals surface area contributed by atoms with Crippen molar-refractivity contribution in [1.29, 1.82) is 0 Å². The molecule has 49 heavy (non-hydrogen) atoms. The molecule has 4 aromatic rings. The third-order valence-corrected chi connectivity index (χ3v) is 8.42. The third-order valence-electron chi connectivity index (χ3n) is 8.42. The lowest BCUT2D eigenvalue weighted by Crippen LogP contribution is -2.63. The molecule has 1 fully saturated rings. The quantitative estimate of drug-likeness (QED) is 0.105. The SMILES string of the molecule is CCC(C)OC(=O)OC(C)Nc1ncnc2c1ncn2Cc1cc(-c2cc(F)c(OC)c(F)c2)ncc1N1CCC[C@](N)([C@@H](O)C(F)F)C1. The molecule has 0 aliphatic carbocycles. The van der Waals surface area contributed by atoms with E-state index < -0.39 is 47.8 Å². The van der Waals surface area contributed by atoms with E-state index in [9.17, 15) is 27.5 Å². The minimum Gasteiger partial charge on any atom is -0.491 e. The Morgan fingerprint density at radius 2 is 1.86 bits per heavy atom. The number of pyridine rings is 1. The molecule has 4 heterocycles. The second-order valence-corrected chi connectivity index (χ2v) is 12.0. The van der Waals surface area contributed by atoms with Gasteiger partial charge in [-0.3, -0.25) is 4.98 Å². The Balaban J connectivity index is 1.50. The number of imidazole rings is 1. The zero-order valence-electron chi connectivity index (χ0n) is 27.4. The Morgan fingerprint density at radius 1 is 1.12 bits per heavy atom. The normalized spacial score (nSPS) is 18.3. The number of carbonyl (C=O) groups is 1. The van der Waals surface area contributed by atoms with Gasteiger partial charge in [-0.1, -0.05) is 6.92 Å². The maximum Gasteiger partial charge on any atom is 0.510 e. The lowest BCUT2D eigenvalue weighted by Gasteiger charge is -2.44. The molecule has 5 rings (SSSR count). The number of nitrogens with one attached hydrogen (secondary N) is 1. The van der Waals surface area contributed by atoms with Gasteiger partial charge in [0.25, 0.3) is 6.43 Å². The summed E-state index contributed by atoms with van der Waals surface area (Å²) in [7, 11) is 1.16. The minimum atomic E-state index is -3.04. The van der Waals surface area contributed by atoms with Crippen LogP contribution in [0.15, 0.2) is 37.1 Å². The van der Waals surface area contributed by atoms with Crippen LogP contribution in [-0.4, -0.2) is 86.4 Å². The number of piperidine rings is 1. The Morgan fingerprint density at radius 3 is 2.53 bits per heavy atom. The smallest absolute Gasteiger partial charge is 0.491 e. The number of aromatic nitrogens is 5. The predicted molar refractivity (Wildman–Crippen MR) is 171 cm³/mol. The number of fused-ring (bicyclic) bond motifs is 1. The summed E-state index contributed by atoms with van der Waals surface area (Å²) in [6.07, 6.45) is -1.59. The van der Waals surface area contributed by atoms with Crippen molar-refractivity contribution in [3.63, 3.8) is 0 Å². The van der Waals surface area contributed by atoms with Crippen LogP contribution in [0.5, 0.6) is 5.75 Å². The van der Waals surface area contributed by atoms with Gasteiger partial charge in [0.05, 0.1) is 43.1 Å². The molecule has 0 spiro atoms. The molecule has 0 saturated carbocycles. The Kier molecular flexibility index (Phi) is 10.7. The van der Waals surface area contributed by atoms with Gasteiger partial charge in [0.1, 0.15) is 18.5 Å². The van der Waals surface area contributed by atoms with E-state index in [-0.39, 0.29) is 42.7 Å². The molecule has 1 aliphatic rings. The van der Waals surface area contributed by atoms with Gasteiger partial charge >= 0.3 is 6.16 Å². The molecule has 0 amide bonds. The van der Waals surface area contributed by atoms with E-state index in [1.807, 2.05) is 6.92 Å². The van der Waals surface area contributed by atoms with Crippen LogP contribution >= 0.6 is 0 Å². The molecule has 1 aliphatic heterocycles. The topological polar surface area (TPSA) is 163 Å². The van der Waals surface area contributed by atoms with E-state index in [1.165, 1.54) is 18.9 Å². The van der Waals surface area contributed by atoms with Gasteiger partial charge in [0, 0.05) is 18.7 Å². The fraction of sp³-hybridized carbons (Fsp3) is 0.469. The molecule has 4 N–H and O–H groups in total. The number of alkyl halides is 2. The van der Waals surface area contributed by atoms with E-state index in [2.05, 4.69) is 25.3 Å². The first-order chi connectivity index (χ1) is 23.3. The molecule has 264 valence electrons. The number of hydrogen-bond acceptors (Lipinski definition) is 12. The summed E-state index contributed by atoms with van der Waals surface area (Å²) in [5.41, 5.74) is 6.89. The lowest BCUT2D eigenvalue weighted by atomic mass is 9.84. The maximum absolute atomic E-state index is 14.7. The maximum atomic E-state index is 14.7. The summed E-state index contributed by atoms with van der Waals surface area (Å²) in [5, 5.41) is 13.3. The van der Waals surface area contributed by atoms with Crippen molar-refractivity contribution in [2.24, 2.45) is 5.73 Å². The zero-order chi connectivity index (χ0) is 35.5. The van der Waals surface area contributed by atoms with Crippen molar-refractivity contribution in [1.82, 2.24) is 24.5 Å². The van der Waals surface area contributed by atoms with E-state index in [0.29, 0.717) is 41.8 Å². The number of benzene rings is 1. The molecule has 2 unspecified atom stereocenters. The highest BCUT2D eigenvalue weighted by atomic mass is 19.3. The van der Waals surface area contributed by atoms with E-state index in [0.717, 1.165) is 19.2 Å². The zero-order valence-corrected chi connectivity index (χ0v) is 27.4. The fourth-order valence-electron chi connectivity index (χ4n) is 5.70. The number of rotatable bonds is 12. The second-order valence-electron chi connectivity index (χ2n) is 12.0. The number of aliphatic hydroxyl groups excluding tert-OH is 1. The van der Waals surface area contributed by atoms with Crippen molar-refractivity contribution in [3.05, 3.63) is 54.2 Å². The van der Waals surface area contributed by atoms with Crippen LogP contribution in [0.3, 0.4) is 0 Å². The first kappa shape index (κ1) is 35.5. The van der Waals surface area contributed by atoms with Crippen LogP contribution in [0.1, 0.15) is 45.6 Å². The molecule has 17 heteroatoms. The number of nitrogens with zero attached hydrogens (tertiary/aromatic N) is 6. The summed E-state index contributed by atoms with van der Waals surface area (Å²) >= 11 is 0. The molecular formula is C32H38F4N8O5. The van der Waals surface area contributed by atoms with Crippen molar-refractivity contribution in [3.8, 4) is 17.0 Å². The molecule has 4 atom stereocenters. The Bertz CT molecular complexity index is 1770. The number of nitrogens with two attached hydrogens (primary N) is 1. The Hall–Kier alpha value is -4.77. The molecule has 13 nitrogen and oxygen atoms in total. The number of methoxy groups -OCH3 is 1. The number of carbonyl (C=O) groups excluding carboxylic acids is 1. The molecular weight excluding hydrogens is 652 g/mol. The van der Waals surface area contributed by atoms with Crippen LogP contribution in [0.4, 0.5) is 33.9 Å². The first-order valence-corrected chi connectivity index (χ1v) is 15.7. The number of anilines is 2. The first-order valence-electron chi connectivity index (χ1n) is 15.7. The summed E-state index contributed by atoms with van der Waals surface area (Å²) < 4.78 is 73.4. The predicted octanol–water partition coefficient (Wildman–Crippen LogP) is 4.86. The van der Waals surface area contributed by atoms with Crippen molar-refractivity contribution in [2.75, 3.05) is 30.4 Å². The fourth-order valence-corrected chi connectivity index (χ4v) is 5.70.